The highest BCUT2D eigenvalue weighted by Gasteiger charge is 2.30. The number of rotatable bonds is 5. The summed E-state index contributed by atoms with van der Waals surface area (Å²) in [6.45, 7) is 6.71. The number of aliphatic hydroxyl groups excluding tert-OH is 2. The number of nitrogens with one attached hydrogen (secondary N) is 1. The normalized spacial score (nSPS) is 15.4. The Kier molecular flexibility index (Phi) is 5.62. The highest BCUT2D eigenvalue weighted by molar-refractivity contribution is 5.91. The molecule has 1 amide bonds. The second-order valence-electron chi connectivity index (χ2n) is 6.77. The summed E-state index contributed by atoms with van der Waals surface area (Å²) >= 11 is 0. The molecular weight excluding hydrogens is 296 g/mol. The van der Waals surface area contributed by atoms with Crippen LogP contribution in [0.2, 0.25) is 0 Å². The summed E-state index contributed by atoms with van der Waals surface area (Å²) in [5, 5.41) is 21.4. The largest absolute Gasteiger partial charge is 0.443 e. The molecule has 128 valence electrons. The van der Waals surface area contributed by atoms with Gasteiger partial charge in [-0.1, -0.05) is 18.2 Å². The van der Waals surface area contributed by atoms with E-state index in [9.17, 15) is 9.90 Å². The van der Waals surface area contributed by atoms with Crippen LogP contribution in [-0.2, 0) is 17.7 Å². The second kappa shape index (κ2) is 7.29. The van der Waals surface area contributed by atoms with Crippen molar-refractivity contribution in [3.63, 3.8) is 0 Å². The fourth-order valence-corrected chi connectivity index (χ4v) is 2.62. The zero-order valence-electron chi connectivity index (χ0n) is 14.0. The number of nitrogens with zero attached hydrogens (tertiary/aromatic N) is 1. The van der Waals surface area contributed by atoms with Gasteiger partial charge in [0.15, 0.2) is 0 Å². The van der Waals surface area contributed by atoms with Crippen molar-refractivity contribution in [3.05, 3.63) is 29.3 Å². The van der Waals surface area contributed by atoms with Crippen molar-refractivity contribution in [3.8, 4) is 0 Å². The predicted octanol–water partition coefficient (Wildman–Crippen LogP) is 1.43. The topological polar surface area (TPSA) is 82.0 Å². The lowest BCUT2D eigenvalue weighted by atomic mass is 10.1. The van der Waals surface area contributed by atoms with Gasteiger partial charge in [-0.25, -0.2) is 4.79 Å². The molecule has 1 heterocycles. The molecule has 2 rings (SSSR count). The highest BCUT2D eigenvalue weighted by atomic mass is 16.6. The van der Waals surface area contributed by atoms with Gasteiger partial charge in [0.1, 0.15) is 5.60 Å². The van der Waals surface area contributed by atoms with Crippen LogP contribution in [0.15, 0.2) is 18.2 Å². The first kappa shape index (κ1) is 17.7. The number of fused-ring (bicyclic) bond motifs is 1. The molecule has 1 aromatic carbocycles. The van der Waals surface area contributed by atoms with Gasteiger partial charge in [0, 0.05) is 19.6 Å². The number of anilines is 1. The fraction of sp³-hybridized carbons (Fsp3) is 0.588. The second-order valence-corrected chi connectivity index (χ2v) is 6.77. The van der Waals surface area contributed by atoms with Crippen molar-refractivity contribution in [2.45, 2.75) is 45.4 Å². The number of hydrogen-bond donors (Lipinski definition) is 3. The Morgan fingerprint density at radius 1 is 1.43 bits per heavy atom. The van der Waals surface area contributed by atoms with Crippen molar-refractivity contribution < 1.29 is 19.7 Å². The summed E-state index contributed by atoms with van der Waals surface area (Å²) < 4.78 is 5.49. The Bertz CT molecular complexity index is 554. The van der Waals surface area contributed by atoms with Gasteiger partial charge < -0.3 is 20.3 Å². The number of amides is 1. The van der Waals surface area contributed by atoms with Crippen LogP contribution in [0.5, 0.6) is 0 Å². The van der Waals surface area contributed by atoms with E-state index in [1.54, 1.807) is 4.90 Å². The summed E-state index contributed by atoms with van der Waals surface area (Å²) in [5.41, 5.74) is 2.47. The van der Waals surface area contributed by atoms with Gasteiger partial charge in [-0.15, -0.1) is 0 Å². The smallest absolute Gasteiger partial charge is 0.414 e. The number of carbonyl (C=O) groups excluding carboxylic acids is 1. The molecule has 1 aliphatic heterocycles. The third-order valence-corrected chi connectivity index (χ3v) is 3.60. The number of hydrogen-bond acceptors (Lipinski definition) is 5. The standard InChI is InChI=1S/C17H26N2O4/c1-17(2,3)23-16(22)19-8-7-12-5-4-6-13(15(12)19)9-18-10-14(21)11-20/h4-6,14,18,20-21H,7-11H2,1-3H3. The van der Waals surface area contributed by atoms with Crippen molar-refractivity contribution in [2.75, 3.05) is 24.6 Å². The molecule has 23 heavy (non-hydrogen) atoms. The molecule has 1 aliphatic rings. The van der Waals surface area contributed by atoms with Crippen LogP contribution < -0.4 is 10.2 Å². The van der Waals surface area contributed by atoms with Gasteiger partial charge in [0.05, 0.1) is 18.4 Å². The molecule has 3 N–H and O–H groups in total. The van der Waals surface area contributed by atoms with Crippen molar-refractivity contribution in [2.24, 2.45) is 0 Å². The van der Waals surface area contributed by atoms with Crippen LogP contribution in [0.4, 0.5) is 10.5 Å². The van der Waals surface area contributed by atoms with Gasteiger partial charge in [-0.05, 0) is 38.3 Å². The SMILES string of the molecule is CC(C)(C)OC(=O)N1CCc2cccc(CNCC(O)CO)c21. The van der Waals surface area contributed by atoms with Gasteiger partial charge in [0.2, 0.25) is 0 Å². The molecule has 6 heteroatoms. The van der Waals surface area contributed by atoms with E-state index >= 15 is 0 Å². The number of benzene rings is 1. The maximum atomic E-state index is 12.4. The first-order valence-corrected chi connectivity index (χ1v) is 7.92. The Labute approximate surface area is 137 Å². The molecule has 0 saturated carbocycles. The third kappa shape index (κ3) is 4.67. The van der Waals surface area contributed by atoms with E-state index in [1.807, 2.05) is 39.0 Å². The zero-order valence-corrected chi connectivity index (χ0v) is 14.0. The molecule has 6 nitrogen and oxygen atoms in total. The van der Waals surface area contributed by atoms with Gasteiger partial charge in [0.25, 0.3) is 0 Å². The molecule has 0 aromatic heterocycles. The molecule has 0 saturated heterocycles. The first-order valence-electron chi connectivity index (χ1n) is 7.92. The Balaban J connectivity index is 2.12. The Morgan fingerprint density at radius 3 is 2.83 bits per heavy atom. The van der Waals surface area contributed by atoms with E-state index in [2.05, 4.69) is 5.32 Å². The Morgan fingerprint density at radius 2 is 2.17 bits per heavy atom. The van der Waals surface area contributed by atoms with Crippen LogP contribution in [0.25, 0.3) is 0 Å². The van der Waals surface area contributed by atoms with Crippen LogP contribution in [-0.4, -0.2) is 47.7 Å². The molecule has 1 atom stereocenters. The van der Waals surface area contributed by atoms with E-state index < -0.39 is 11.7 Å². The molecule has 0 spiro atoms. The minimum atomic E-state index is -0.784. The maximum Gasteiger partial charge on any atom is 0.414 e. The van der Waals surface area contributed by atoms with Gasteiger partial charge in [-0.3, -0.25) is 4.90 Å². The average Bonchev–Trinajstić information content (AvgIpc) is 2.90. The van der Waals surface area contributed by atoms with Crippen molar-refractivity contribution >= 4 is 11.8 Å². The summed E-state index contributed by atoms with van der Waals surface area (Å²) in [7, 11) is 0. The fourth-order valence-electron chi connectivity index (χ4n) is 2.62. The number of carbonyl (C=O) groups is 1. The molecule has 0 aliphatic carbocycles. The monoisotopic (exact) mass is 322 g/mol. The van der Waals surface area contributed by atoms with Gasteiger partial charge >= 0.3 is 6.09 Å². The van der Waals surface area contributed by atoms with Crippen molar-refractivity contribution in [1.82, 2.24) is 5.32 Å². The van der Waals surface area contributed by atoms with Crippen LogP contribution in [0.3, 0.4) is 0 Å². The van der Waals surface area contributed by atoms with E-state index in [1.165, 1.54) is 0 Å². The minimum Gasteiger partial charge on any atom is -0.443 e. The molecular formula is C17H26N2O4. The van der Waals surface area contributed by atoms with Crippen LogP contribution >= 0.6 is 0 Å². The zero-order chi connectivity index (χ0) is 17.0. The van der Waals surface area contributed by atoms with Crippen LogP contribution in [0.1, 0.15) is 31.9 Å². The molecule has 1 aromatic rings. The predicted molar refractivity (Wildman–Crippen MR) is 88.5 cm³/mol. The van der Waals surface area contributed by atoms with Gasteiger partial charge in [-0.2, -0.15) is 0 Å². The number of aliphatic hydroxyl groups is 2. The van der Waals surface area contributed by atoms with E-state index in [-0.39, 0.29) is 12.7 Å². The summed E-state index contributed by atoms with van der Waals surface area (Å²) in [6.07, 6.45) is -0.311. The summed E-state index contributed by atoms with van der Waals surface area (Å²) in [4.78, 5) is 14.1. The van der Waals surface area contributed by atoms with E-state index in [0.29, 0.717) is 19.6 Å². The minimum absolute atomic E-state index is 0.274. The Hall–Kier alpha value is -1.63. The first-order chi connectivity index (χ1) is 10.8. The average molecular weight is 322 g/mol. The number of ether oxygens (including phenoxy) is 1. The highest BCUT2D eigenvalue weighted by Crippen LogP contribution is 2.33. The van der Waals surface area contributed by atoms with E-state index in [0.717, 1.165) is 23.2 Å². The maximum absolute atomic E-state index is 12.4. The quantitative estimate of drug-likeness (QED) is 0.764. The molecule has 1 unspecified atom stereocenters. The molecule has 0 fully saturated rings. The lowest BCUT2D eigenvalue weighted by Crippen LogP contribution is -2.36. The van der Waals surface area contributed by atoms with Crippen molar-refractivity contribution in [1.29, 1.82) is 0 Å². The molecule has 0 radical (unpaired) electrons. The lowest BCUT2D eigenvalue weighted by Gasteiger charge is -2.26. The molecule has 0 bridgehead atoms. The van der Waals surface area contributed by atoms with E-state index in [4.69, 9.17) is 9.84 Å². The van der Waals surface area contributed by atoms with Crippen LogP contribution in [0, 0.1) is 0 Å². The summed E-state index contributed by atoms with van der Waals surface area (Å²) in [6, 6.07) is 5.95. The number of para-hydroxylation sites is 1. The lowest BCUT2D eigenvalue weighted by molar-refractivity contribution is 0.0583. The third-order valence-electron chi connectivity index (χ3n) is 3.60. The summed E-state index contributed by atoms with van der Waals surface area (Å²) in [5.74, 6) is 0.